The maximum Gasteiger partial charge on any atom is 0.254 e. The minimum atomic E-state index is -3.61. The van der Waals surface area contributed by atoms with Gasteiger partial charge in [-0.15, -0.1) is 0 Å². The zero-order chi connectivity index (χ0) is 26.2. The third kappa shape index (κ3) is 5.43. The smallest absolute Gasteiger partial charge is 0.254 e. The molecule has 0 saturated heterocycles. The van der Waals surface area contributed by atoms with Crippen LogP contribution in [0.1, 0.15) is 58.3 Å². The van der Waals surface area contributed by atoms with E-state index in [1.165, 1.54) is 17.2 Å². The Hall–Kier alpha value is -3.16. The highest BCUT2D eigenvalue weighted by molar-refractivity contribution is 7.89. The predicted octanol–water partition coefficient (Wildman–Crippen LogP) is 5.53. The molecule has 1 aliphatic carbocycles. The second-order valence-corrected chi connectivity index (χ2v) is 12.0. The first-order valence-electron chi connectivity index (χ1n) is 13.0. The molecule has 0 bridgehead atoms. The third-order valence-electron chi connectivity index (χ3n) is 7.58. The molecule has 0 atom stereocenters. The number of nitrogens with zero attached hydrogens (tertiary/aromatic N) is 1. The van der Waals surface area contributed by atoms with Crippen LogP contribution in [0.3, 0.4) is 0 Å². The molecule has 3 aromatic rings. The molecule has 1 heterocycles. The molecule has 6 nitrogen and oxygen atoms in total. The topological polar surface area (TPSA) is 75.7 Å². The maximum absolute atomic E-state index is 13.6. The van der Waals surface area contributed by atoms with Crippen molar-refractivity contribution in [2.45, 2.75) is 63.9 Å². The summed E-state index contributed by atoms with van der Waals surface area (Å²) in [6.45, 7) is 7.28. The summed E-state index contributed by atoms with van der Waals surface area (Å²) in [4.78, 5) is 15.6. The number of sulfonamides is 1. The summed E-state index contributed by atoms with van der Waals surface area (Å²) >= 11 is 0. The fourth-order valence-corrected chi connectivity index (χ4v) is 6.60. The Kier molecular flexibility index (Phi) is 7.10. The fourth-order valence-electron chi connectivity index (χ4n) is 5.21. The molecule has 1 aliphatic heterocycles. The van der Waals surface area contributed by atoms with E-state index in [1.807, 2.05) is 6.07 Å². The Morgan fingerprint density at radius 2 is 1.62 bits per heavy atom. The molecule has 1 N–H and O–H groups in total. The van der Waals surface area contributed by atoms with Gasteiger partial charge >= 0.3 is 0 Å². The molecule has 1 saturated carbocycles. The number of carbonyl (C=O) groups excluding carboxylic acids is 1. The van der Waals surface area contributed by atoms with E-state index < -0.39 is 10.0 Å². The van der Waals surface area contributed by atoms with Gasteiger partial charge in [-0.25, -0.2) is 13.1 Å². The van der Waals surface area contributed by atoms with E-state index in [9.17, 15) is 13.2 Å². The Morgan fingerprint density at radius 1 is 0.892 bits per heavy atom. The molecule has 0 unspecified atom stereocenters. The Bertz CT molecular complexity index is 1440. The van der Waals surface area contributed by atoms with Crippen LogP contribution in [0.15, 0.2) is 59.5 Å². The van der Waals surface area contributed by atoms with Crippen LogP contribution < -0.4 is 9.46 Å². The van der Waals surface area contributed by atoms with E-state index in [0.717, 1.165) is 48.1 Å². The number of carbonyl (C=O) groups is 1. The highest BCUT2D eigenvalue weighted by atomic mass is 32.2. The fraction of sp³-hybridized carbons (Fsp3) is 0.367. The molecular formula is C30H34N2O4S. The number of amides is 1. The zero-order valence-electron chi connectivity index (χ0n) is 21.7. The largest absolute Gasteiger partial charge is 0.491 e. The molecule has 3 aromatic carbocycles. The van der Waals surface area contributed by atoms with Crippen LogP contribution in [0.2, 0.25) is 0 Å². The van der Waals surface area contributed by atoms with Gasteiger partial charge in [0.15, 0.2) is 0 Å². The molecule has 1 amide bonds. The summed E-state index contributed by atoms with van der Waals surface area (Å²) in [5.41, 5.74) is 6.82. The van der Waals surface area contributed by atoms with Crippen molar-refractivity contribution in [2.24, 2.45) is 0 Å². The van der Waals surface area contributed by atoms with Crippen molar-refractivity contribution in [3.63, 3.8) is 0 Å². The van der Waals surface area contributed by atoms with E-state index >= 15 is 0 Å². The lowest BCUT2D eigenvalue weighted by Gasteiger charge is -2.21. The summed E-state index contributed by atoms with van der Waals surface area (Å²) in [7, 11) is -3.61. The van der Waals surface area contributed by atoms with Crippen LogP contribution in [0, 0.1) is 20.8 Å². The lowest BCUT2D eigenvalue weighted by molar-refractivity contribution is 0.0732. The molecule has 194 valence electrons. The van der Waals surface area contributed by atoms with Gasteiger partial charge in [-0.2, -0.15) is 0 Å². The monoisotopic (exact) mass is 518 g/mol. The quantitative estimate of drug-likeness (QED) is 0.482. The summed E-state index contributed by atoms with van der Waals surface area (Å²) in [5.74, 6) is 0.664. The number of benzene rings is 3. The van der Waals surface area contributed by atoms with E-state index in [2.05, 4.69) is 48.9 Å². The van der Waals surface area contributed by atoms with Gasteiger partial charge in [0, 0.05) is 23.7 Å². The molecule has 0 radical (unpaired) electrons. The number of aryl methyl sites for hydroxylation is 3. The van der Waals surface area contributed by atoms with Gasteiger partial charge in [0.1, 0.15) is 12.4 Å². The number of nitrogens with one attached hydrogen (secondary N) is 1. The first-order chi connectivity index (χ1) is 17.7. The van der Waals surface area contributed by atoms with Crippen molar-refractivity contribution in [3.05, 3.63) is 82.4 Å². The second-order valence-electron chi connectivity index (χ2n) is 10.3. The molecule has 0 aromatic heterocycles. The van der Waals surface area contributed by atoms with Crippen LogP contribution in [0.4, 0.5) is 0 Å². The highest BCUT2D eigenvalue weighted by Crippen LogP contribution is 2.31. The van der Waals surface area contributed by atoms with Crippen LogP contribution in [-0.2, 0) is 16.6 Å². The normalized spacial score (nSPS) is 16.2. The number of rotatable bonds is 5. The zero-order valence-corrected chi connectivity index (χ0v) is 22.5. The first kappa shape index (κ1) is 25.5. The minimum Gasteiger partial charge on any atom is -0.491 e. The summed E-state index contributed by atoms with van der Waals surface area (Å²) in [5, 5.41) is 0. The van der Waals surface area contributed by atoms with Crippen molar-refractivity contribution in [2.75, 3.05) is 13.2 Å². The standard InChI is InChI=1S/C30H34N2O4S/c1-20-8-9-23(16-21(20)2)24-10-13-29-25(18-24)19-32(14-15-36-29)30(33)28-12-11-27(17-22(28)3)37(34,35)31-26-6-4-5-7-26/h8-13,16-18,26,31H,4-7,14-15,19H2,1-3H3. The number of hydrogen-bond acceptors (Lipinski definition) is 4. The van der Waals surface area contributed by atoms with Crippen LogP contribution >= 0.6 is 0 Å². The van der Waals surface area contributed by atoms with Gasteiger partial charge in [-0.1, -0.05) is 37.1 Å². The van der Waals surface area contributed by atoms with Crippen molar-refractivity contribution >= 4 is 15.9 Å². The molecule has 1 fully saturated rings. The number of hydrogen-bond donors (Lipinski definition) is 1. The predicted molar refractivity (Wildman–Crippen MR) is 145 cm³/mol. The van der Waals surface area contributed by atoms with Crippen LogP contribution in [-0.4, -0.2) is 38.4 Å². The molecular weight excluding hydrogens is 484 g/mol. The molecule has 0 spiro atoms. The minimum absolute atomic E-state index is 0.00232. The van der Waals surface area contributed by atoms with E-state index in [1.54, 1.807) is 24.0 Å². The maximum atomic E-state index is 13.6. The van der Waals surface area contributed by atoms with Crippen molar-refractivity contribution in [3.8, 4) is 16.9 Å². The summed E-state index contributed by atoms with van der Waals surface area (Å²) in [6.07, 6.45) is 3.85. The van der Waals surface area contributed by atoms with Crippen LogP contribution in [0.25, 0.3) is 11.1 Å². The first-order valence-corrected chi connectivity index (χ1v) is 14.5. The average Bonchev–Trinajstić information content (AvgIpc) is 3.28. The van der Waals surface area contributed by atoms with Crippen LogP contribution in [0.5, 0.6) is 5.75 Å². The second kappa shape index (κ2) is 10.3. The van der Waals surface area contributed by atoms with Gasteiger partial charge in [0.2, 0.25) is 10.0 Å². The van der Waals surface area contributed by atoms with E-state index in [-0.39, 0.29) is 16.8 Å². The van der Waals surface area contributed by atoms with Gasteiger partial charge in [-0.3, -0.25) is 4.79 Å². The lowest BCUT2D eigenvalue weighted by atomic mass is 9.98. The Balaban J connectivity index is 1.37. The highest BCUT2D eigenvalue weighted by Gasteiger charge is 2.26. The molecule has 37 heavy (non-hydrogen) atoms. The summed E-state index contributed by atoms with van der Waals surface area (Å²) in [6, 6.07) is 17.3. The molecule has 2 aliphatic rings. The molecule has 7 heteroatoms. The Labute approximate surface area is 219 Å². The van der Waals surface area contributed by atoms with Gasteiger partial charge in [0.25, 0.3) is 5.91 Å². The van der Waals surface area contributed by atoms with Gasteiger partial charge in [0.05, 0.1) is 11.4 Å². The summed E-state index contributed by atoms with van der Waals surface area (Å²) < 4.78 is 34.5. The van der Waals surface area contributed by atoms with Gasteiger partial charge in [-0.05, 0) is 91.8 Å². The SMILES string of the molecule is Cc1ccc(-c2ccc3c(c2)CN(C(=O)c2ccc(S(=O)(=O)NC4CCCC4)cc2C)CCO3)cc1C. The Morgan fingerprint density at radius 3 is 2.35 bits per heavy atom. The van der Waals surface area contributed by atoms with E-state index in [0.29, 0.717) is 30.8 Å². The van der Waals surface area contributed by atoms with Gasteiger partial charge < -0.3 is 9.64 Å². The number of fused-ring (bicyclic) bond motifs is 1. The molecule has 5 rings (SSSR count). The van der Waals surface area contributed by atoms with E-state index in [4.69, 9.17) is 4.74 Å². The average molecular weight is 519 g/mol. The third-order valence-corrected chi connectivity index (χ3v) is 9.10. The van der Waals surface area contributed by atoms with Crippen molar-refractivity contribution in [1.29, 1.82) is 0 Å². The number of ether oxygens (including phenoxy) is 1. The lowest BCUT2D eigenvalue weighted by Crippen LogP contribution is -2.34. The van der Waals surface area contributed by atoms with Crippen molar-refractivity contribution in [1.82, 2.24) is 9.62 Å². The van der Waals surface area contributed by atoms with Crippen molar-refractivity contribution < 1.29 is 17.9 Å².